The predicted octanol–water partition coefficient (Wildman–Crippen LogP) is 0.835. The molecule has 0 aliphatic heterocycles. The molecule has 1 heterocycles. The molecular weight excluding hydrogens is 222 g/mol. The average molecular weight is 239 g/mol. The number of aromatic nitrogens is 2. The van der Waals surface area contributed by atoms with E-state index in [2.05, 4.69) is 9.97 Å². The van der Waals surface area contributed by atoms with E-state index in [1.807, 2.05) is 13.8 Å². The summed E-state index contributed by atoms with van der Waals surface area (Å²) in [6, 6.07) is 0. The fourth-order valence-electron chi connectivity index (χ4n) is 1.37. The highest BCUT2D eigenvalue weighted by Crippen LogP contribution is 2.09. The van der Waals surface area contributed by atoms with Gasteiger partial charge in [0, 0.05) is 13.0 Å². The van der Waals surface area contributed by atoms with Crippen LogP contribution in [0, 0.1) is 6.92 Å². The molecule has 17 heavy (non-hydrogen) atoms. The van der Waals surface area contributed by atoms with Crippen LogP contribution in [0.1, 0.15) is 41.6 Å². The highest BCUT2D eigenvalue weighted by Gasteiger charge is 2.20. The van der Waals surface area contributed by atoms with Gasteiger partial charge in [-0.15, -0.1) is 0 Å². The van der Waals surface area contributed by atoms with Crippen LogP contribution in [0.4, 0.5) is 0 Å². The van der Waals surface area contributed by atoms with Crippen molar-refractivity contribution in [1.29, 1.82) is 0 Å². The molecule has 0 saturated carbocycles. The van der Waals surface area contributed by atoms with E-state index in [9.17, 15) is 9.59 Å². The molecule has 1 rings (SSSR count). The summed E-state index contributed by atoms with van der Waals surface area (Å²) in [6.07, 6.45) is 0. The van der Waals surface area contributed by atoms with Gasteiger partial charge in [0.1, 0.15) is 11.4 Å². The number of nitrogens with one attached hydrogen (secondary N) is 1. The van der Waals surface area contributed by atoms with Crippen LogP contribution < -0.4 is 5.56 Å². The maximum absolute atomic E-state index is 11.8. The minimum Gasteiger partial charge on any atom is -0.310 e. The molecule has 0 bridgehead atoms. The molecule has 0 aliphatic carbocycles. The number of hydrogen-bond donors (Lipinski definition) is 1. The summed E-state index contributed by atoms with van der Waals surface area (Å²) in [6.45, 7) is 5.47. The number of hydroxylamine groups is 2. The second kappa shape index (κ2) is 5.09. The summed E-state index contributed by atoms with van der Waals surface area (Å²) in [4.78, 5) is 35.2. The number of hydrogen-bond acceptors (Lipinski definition) is 4. The van der Waals surface area contributed by atoms with Crippen molar-refractivity contribution in [3.05, 3.63) is 27.4 Å². The average Bonchev–Trinajstić information content (AvgIpc) is 2.26. The normalized spacial score (nSPS) is 10.7. The lowest BCUT2D eigenvalue weighted by atomic mass is 10.1. The molecule has 0 unspecified atom stereocenters. The number of amides is 1. The highest BCUT2D eigenvalue weighted by molar-refractivity contribution is 5.93. The first-order valence-corrected chi connectivity index (χ1v) is 5.31. The van der Waals surface area contributed by atoms with Crippen molar-refractivity contribution >= 4 is 5.91 Å². The fourth-order valence-corrected chi connectivity index (χ4v) is 1.37. The van der Waals surface area contributed by atoms with Gasteiger partial charge in [-0.3, -0.25) is 14.4 Å². The summed E-state index contributed by atoms with van der Waals surface area (Å²) in [7, 11) is 2.80. The summed E-state index contributed by atoms with van der Waals surface area (Å²) in [5, 5.41) is 0.994. The Morgan fingerprint density at radius 3 is 2.47 bits per heavy atom. The lowest BCUT2D eigenvalue weighted by Crippen LogP contribution is -2.33. The molecule has 0 atom stereocenters. The van der Waals surface area contributed by atoms with Crippen molar-refractivity contribution < 1.29 is 9.63 Å². The Morgan fingerprint density at radius 1 is 1.47 bits per heavy atom. The zero-order chi connectivity index (χ0) is 13.2. The Kier molecular flexibility index (Phi) is 4.01. The number of carbonyl (C=O) groups excluding carboxylic acids is 1. The largest absolute Gasteiger partial charge is 0.310 e. The first-order valence-electron chi connectivity index (χ1n) is 5.31. The third kappa shape index (κ3) is 2.71. The molecule has 94 valence electrons. The van der Waals surface area contributed by atoms with Gasteiger partial charge in [-0.05, 0) is 6.92 Å². The quantitative estimate of drug-likeness (QED) is 0.793. The molecule has 0 saturated heterocycles. The summed E-state index contributed by atoms with van der Waals surface area (Å²) in [5.74, 6) is 0.170. The van der Waals surface area contributed by atoms with Crippen LogP contribution in [0.5, 0.6) is 0 Å². The number of nitrogens with zero attached hydrogens (tertiary/aromatic N) is 2. The maximum Gasteiger partial charge on any atom is 0.284 e. The minimum atomic E-state index is -0.506. The molecule has 6 nitrogen and oxygen atoms in total. The Bertz CT molecular complexity index is 479. The number of carbonyl (C=O) groups is 1. The van der Waals surface area contributed by atoms with E-state index in [1.165, 1.54) is 14.2 Å². The maximum atomic E-state index is 11.8. The van der Waals surface area contributed by atoms with E-state index in [1.54, 1.807) is 6.92 Å². The van der Waals surface area contributed by atoms with Crippen molar-refractivity contribution in [1.82, 2.24) is 15.0 Å². The Labute approximate surface area is 99.6 Å². The Balaban J connectivity index is 3.28. The van der Waals surface area contributed by atoms with Crippen LogP contribution in [0.15, 0.2) is 4.79 Å². The van der Waals surface area contributed by atoms with Gasteiger partial charge in [0.2, 0.25) is 0 Å². The van der Waals surface area contributed by atoms with Crippen molar-refractivity contribution in [3.8, 4) is 0 Å². The van der Waals surface area contributed by atoms with Gasteiger partial charge < -0.3 is 4.98 Å². The molecule has 0 fully saturated rings. The van der Waals surface area contributed by atoms with E-state index in [0.29, 0.717) is 11.5 Å². The first-order chi connectivity index (χ1) is 7.88. The van der Waals surface area contributed by atoms with Crippen LogP contribution in [0.3, 0.4) is 0 Å². The van der Waals surface area contributed by atoms with Gasteiger partial charge in [0.05, 0.1) is 12.8 Å². The van der Waals surface area contributed by atoms with Gasteiger partial charge in [0.15, 0.2) is 0 Å². The molecule has 0 spiro atoms. The van der Waals surface area contributed by atoms with Crippen molar-refractivity contribution in [2.24, 2.45) is 0 Å². The van der Waals surface area contributed by atoms with Crippen LogP contribution in [-0.2, 0) is 4.84 Å². The van der Waals surface area contributed by atoms with Gasteiger partial charge in [0.25, 0.3) is 11.5 Å². The fraction of sp³-hybridized carbons (Fsp3) is 0.545. The molecule has 6 heteroatoms. The molecule has 0 aromatic carbocycles. The zero-order valence-corrected chi connectivity index (χ0v) is 10.7. The second-order valence-electron chi connectivity index (χ2n) is 4.05. The van der Waals surface area contributed by atoms with Gasteiger partial charge in [-0.2, -0.15) is 0 Å². The number of H-pyrrole nitrogens is 1. The van der Waals surface area contributed by atoms with Crippen LogP contribution in [-0.4, -0.2) is 35.1 Å². The smallest absolute Gasteiger partial charge is 0.284 e. The summed E-state index contributed by atoms with van der Waals surface area (Å²) < 4.78 is 0. The number of aromatic amines is 1. The van der Waals surface area contributed by atoms with Crippen molar-refractivity contribution in [2.75, 3.05) is 14.2 Å². The van der Waals surface area contributed by atoms with E-state index < -0.39 is 11.5 Å². The molecule has 1 aromatic heterocycles. The minimum absolute atomic E-state index is 0.0127. The highest BCUT2D eigenvalue weighted by atomic mass is 16.7. The molecule has 0 radical (unpaired) electrons. The van der Waals surface area contributed by atoms with Crippen molar-refractivity contribution in [3.63, 3.8) is 0 Å². The van der Waals surface area contributed by atoms with Gasteiger partial charge in [-0.1, -0.05) is 13.8 Å². The molecule has 1 amide bonds. The lowest BCUT2D eigenvalue weighted by molar-refractivity contribution is -0.0758. The standard InChI is InChI=1S/C11H17N3O3/c1-6(2)9-12-7(3)8(10(15)13-9)11(16)14(4)17-5/h6H,1-5H3,(H,12,13,15). The number of aryl methyl sites for hydroxylation is 1. The molecular formula is C11H17N3O3. The third-order valence-electron chi connectivity index (χ3n) is 2.44. The number of rotatable bonds is 3. The Hall–Kier alpha value is -1.69. The monoisotopic (exact) mass is 239 g/mol. The molecule has 1 N–H and O–H groups in total. The zero-order valence-electron chi connectivity index (χ0n) is 10.7. The second-order valence-corrected chi connectivity index (χ2v) is 4.05. The van der Waals surface area contributed by atoms with Crippen molar-refractivity contribution in [2.45, 2.75) is 26.7 Å². The SMILES string of the molecule is CON(C)C(=O)c1c(C)nc(C(C)C)[nH]c1=O. The molecule has 0 aliphatic rings. The topological polar surface area (TPSA) is 75.3 Å². The van der Waals surface area contributed by atoms with Gasteiger partial charge >= 0.3 is 0 Å². The van der Waals surface area contributed by atoms with E-state index in [4.69, 9.17) is 4.84 Å². The van der Waals surface area contributed by atoms with Crippen LogP contribution in [0.2, 0.25) is 0 Å². The molecule has 1 aromatic rings. The lowest BCUT2D eigenvalue weighted by Gasteiger charge is -2.15. The Morgan fingerprint density at radius 2 is 2.06 bits per heavy atom. The van der Waals surface area contributed by atoms with Gasteiger partial charge in [-0.25, -0.2) is 10.0 Å². The predicted molar refractivity (Wildman–Crippen MR) is 62.8 cm³/mol. The van der Waals surface area contributed by atoms with E-state index in [0.717, 1.165) is 5.06 Å². The third-order valence-corrected chi connectivity index (χ3v) is 2.44. The van der Waals surface area contributed by atoms with Crippen LogP contribution in [0.25, 0.3) is 0 Å². The van der Waals surface area contributed by atoms with E-state index in [-0.39, 0.29) is 11.5 Å². The van der Waals surface area contributed by atoms with E-state index >= 15 is 0 Å². The first kappa shape index (κ1) is 13.4. The van der Waals surface area contributed by atoms with Crippen LogP contribution >= 0.6 is 0 Å². The summed E-state index contributed by atoms with van der Waals surface area (Å²) in [5.41, 5.74) is -0.0137. The summed E-state index contributed by atoms with van der Waals surface area (Å²) >= 11 is 0.